The summed E-state index contributed by atoms with van der Waals surface area (Å²) in [6.45, 7) is 0.473. The first-order valence-corrected chi connectivity index (χ1v) is 9.97. The molecule has 0 unspecified atom stereocenters. The van der Waals surface area contributed by atoms with E-state index in [1.165, 1.54) is 17.2 Å². The maximum Gasteiger partial charge on any atom is 0.258 e. The highest BCUT2D eigenvalue weighted by molar-refractivity contribution is 5.98. The molecule has 3 aromatic carbocycles. The monoisotopic (exact) mass is 373 g/mol. The van der Waals surface area contributed by atoms with Gasteiger partial charge in [0, 0.05) is 18.9 Å². The third kappa shape index (κ3) is 3.19. The standard InChI is InChI=1S/C24H23NO3/c26-23-21-11-10-20(15-22(21)28-24(25-23)12-4-1-5-13-24)27-16-17-8-9-18-6-2-3-7-19(18)14-17/h2-3,6-11,14-15H,1,4-5,12-13,16H2,(H,25,26). The van der Waals surface area contributed by atoms with Gasteiger partial charge in [-0.1, -0.05) is 42.8 Å². The number of carbonyl (C=O) groups is 1. The molecule has 1 aliphatic carbocycles. The molecule has 142 valence electrons. The highest BCUT2D eigenvalue weighted by Gasteiger charge is 2.40. The van der Waals surface area contributed by atoms with Crippen LogP contribution in [0.5, 0.6) is 11.5 Å². The fourth-order valence-corrected chi connectivity index (χ4v) is 4.22. The van der Waals surface area contributed by atoms with Crippen LogP contribution in [0, 0.1) is 0 Å². The van der Waals surface area contributed by atoms with Crippen molar-refractivity contribution in [1.29, 1.82) is 0 Å². The number of amides is 1. The summed E-state index contributed by atoms with van der Waals surface area (Å²) in [5, 5.41) is 5.50. The Hall–Kier alpha value is -3.01. The summed E-state index contributed by atoms with van der Waals surface area (Å²) in [7, 11) is 0. The minimum absolute atomic E-state index is 0.0516. The van der Waals surface area contributed by atoms with Gasteiger partial charge >= 0.3 is 0 Å². The van der Waals surface area contributed by atoms with Gasteiger partial charge in [-0.05, 0) is 47.4 Å². The van der Waals surface area contributed by atoms with E-state index in [1.54, 1.807) is 6.07 Å². The Morgan fingerprint density at radius 1 is 0.929 bits per heavy atom. The van der Waals surface area contributed by atoms with E-state index in [0.717, 1.165) is 31.2 Å². The average Bonchev–Trinajstić information content (AvgIpc) is 2.72. The molecule has 1 heterocycles. The molecule has 5 rings (SSSR count). The zero-order chi connectivity index (χ0) is 19.0. The lowest BCUT2D eigenvalue weighted by molar-refractivity contribution is -0.00880. The average molecular weight is 373 g/mol. The molecule has 1 spiro atoms. The summed E-state index contributed by atoms with van der Waals surface area (Å²) < 4.78 is 12.3. The number of benzene rings is 3. The van der Waals surface area contributed by atoms with Crippen LogP contribution >= 0.6 is 0 Å². The van der Waals surface area contributed by atoms with Gasteiger partial charge in [0.05, 0.1) is 5.56 Å². The molecule has 4 heteroatoms. The Balaban J connectivity index is 1.35. The van der Waals surface area contributed by atoms with Crippen LogP contribution in [0.25, 0.3) is 10.8 Å². The van der Waals surface area contributed by atoms with Crippen LogP contribution < -0.4 is 14.8 Å². The molecule has 0 bridgehead atoms. The molecule has 28 heavy (non-hydrogen) atoms. The normalized spacial score (nSPS) is 17.6. The molecule has 0 saturated heterocycles. The first-order valence-electron chi connectivity index (χ1n) is 9.97. The Labute approximate surface area is 164 Å². The number of rotatable bonds is 3. The zero-order valence-corrected chi connectivity index (χ0v) is 15.7. The minimum atomic E-state index is -0.542. The molecule has 3 aromatic rings. The van der Waals surface area contributed by atoms with Crippen LogP contribution in [0.2, 0.25) is 0 Å². The smallest absolute Gasteiger partial charge is 0.258 e. The molecule has 1 N–H and O–H groups in total. The fraction of sp³-hybridized carbons (Fsp3) is 0.292. The maximum atomic E-state index is 12.5. The number of hydrogen-bond donors (Lipinski definition) is 1. The SMILES string of the molecule is O=C1NC2(CCCCC2)Oc2cc(OCc3ccc4ccccc4c3)ccc21. The van der Waals surface area contributed by atoms with E-state index in [2.05, 4.69) is 35.6 Å². The Kier molecular flexibility index (Phi) is 4.19. The highest BCUT2D eigenvalue weighted by Crippen LogP contribution is 2.38. The summed E-state index contributed by atoms with van der Waals surface area (Å²) in [6, 6.07) is 20.1. The lowest BCUT2D eigenvalue weighted by Gasteiger charge is -2.41. The van der Waals surface area contributed by atoms with Crippen molar-refractivity contribution < 1.29 is 14.3 Å². The van der Waals surface area contributed by atoms with Crippen LogP contribution in [0.3, 0.4) is 0 Å². The summed E-state index contributed by atoms with van der Waals surface area (Å²) >= 11 is 0. The van der Waals surface area contributed by atoms with Gasteiger partial charge in [0.2, 0.25) is 0 Å². The van der Waals surface area contributed by atoms with Gasteiger partial charge in [-0.15, -0.1) is 0 Å². The number of nitrogens with one attached hydrogen (secondary N) is 1. The number of hydrogen-bond acceptors (Lipinski definition) is 3. The van der Waals surface area contributed by atoms with Gasteiger partial charge in [0.1, 0.15) is 18.1 Å². The third-order valence-electron chi connectivity index (χ3n) is 5.72. The third-order valence-corrected chi connectivity index (χ3v) is 5.72. The summed E-state index contributed by atoms with van der Waals surface area (Å²) in [5.41, 5.74) is 1.15. The first-order chi connectivity index (χ1) is 13.7. The lowest BCUT2D eigenvalue weighted by atomic mass is 9.90. The molecular weight excluding hydrogens is 350 g/mol. The fourth-order valence-electron chi connectivity index (χ4n) is 4.22. The molecule has 1 aliphatic heterocycles. The van der Waals surface area contributed by atoms with E-state index in [1.807, 2.05) is 24.3 Å². The second-order valence-electron chi connectivity index (χ2n) is 7.74. The van der Waals surface area contributed by atoms with Crippen LogP contribution in [0.15, 0.2) is 60.7 Å². The van der Waals surface area contributed by atoms with Gasteiger partial charge in [-0.25, -0.2) is 0 Å². The molecule has 0 radical (unpaired) electrons. The van der Waals surface area contributed by atoms with Crippen molar-refractivity contribution in [3.05, 3.63) is 71.8 Å². The second kappa shape index (κ2) is 6.86. The van der Waals surface area contributed by atoms with E-state index in [-0.39, 0.29) is 5.91 Å². The summed E-state index contributed by atoms with van der Waals surface area (Å²) in [5.74, 6) is 1.29. The van der Waals surface area contributed by atoms with Crippen molar-refractivity contribution >= 4 is 16.7 Å². The number of carbonyl (C=O) groups excluding carboxylic acids is 1. The summed E-state index contributed by atoms with van der Waals surface area (Å²) in [6.07, 6.45) is 5.07. The topological polar surface area (TPSA) is 47.6 Å². The molecule has 0 aromatic heterocycles. The molecule has 1 amide bonds. The van der Waals surface area contributed by atoms with E-state index in [4.69, 9.17) is 9.47 Å². The molecule has 1 saturated carbocycles. The van der Waals surface area contributed by atoms with E-state index < -0.39 is 5.72 Å². The second-order valence-corrected chi connectivity index (χ2v) is 7.74. The van der Waals surface area contributed by atoms with Gasteiger partial charge in [0.15, 0.2) is 5.72 Å². The van der Waals surface area contributed by atoms with Crippen molar-refractivity contribution in [2.75, 3.05) is 0 Å². The first kappa shape index (κ1) is 17.1. The van der Waals surface area contributed by atoms with E-state index >= 15 is 0 Å². The van der Waals surface area contributed by atoms with Gasteiger partial charge in [-0.2, -0.15) is 0 Å². The zero-order valence-electron chi connectivity index (χ0n) is 15.7. The van der Waals surface area contributed by atoms with Crippen LogP contribution in [0.1, 0.15) is 48.0 Å². The molecule has 0 atom stereocenters. The van der Waals surface area contributed by atoms with Crippen molar-refractivity contribution in [2.24, 2.45) is 0 Å². The van der Waals surface area contributed by atoms with Gasteiger partial charge in [0.25, 0.3) is 5.91 Å². The molecule has 1 fully saturated rings. The minimum Gasteiger partial charge on any atom is -0.489 e. The van der Waals surface area contributed by atoms with Crippen molar-refractivity contribution in [3.63, 3.8) is 0 Å². The van der Waals surface area contributed by atoms with Crippen molar-refractivity contribution in [3.8, 4) is 11.5 Å². The van der Waals surface area contributed by atoms with Crippen LogP contribution in [-0.2, 0) is 6.61 Å². The van der Waals surface area contributed by atoms with Crippen molar-refractivity contribution in [2.45, 2.75) is 44.4 Å². The predicted octanol–water partition coefficient (Wildman–Crippen LogP) is 5.20. The number of fused-ring (bicyclic) bond motifs is 2. The Bertz CT molecular complexity index is 1040. The van der Waals surface area contributed by atoms with Crippen LogP contribution in [0.4, 0.5) is 0 Å². The Morgan fingerprint density at radius 3 is 2.61 bits per heavy atom. The highest BCUT2D eigenvalue weighted by atomic mass is 16.5. The quantitative estimate of drug-likeness (QED) is 0.686. The molecule has 4 nitrogen and oxygen atoms in total. The molecule has 2 aliphatic rings. The predicted molar refractivity (Wildman–Crippen MR) is 109 cm³/mol. The van der Waals surface area contributed by atoms with Crippen LogP contribution in [-0.4, -0.2) is 11.6 Å². The van der Waals surface area contributed by atoms with E-state index in [0.29, 0.717) is 23.7 Å². The van der Waals surface area contributed by atoms with E-state index in [9.17, 15) is 4.79 Å². The van der Waals surface area contributed by atoms with Crippen molar-refractivity contribution in [1.82, 2.24) is 5.32 Å². The lowest BCUT2D eigenvalue weighted by Crippen LogP contribution is -2.56. The maximum absolute atomic E-state index is 12.5. The van der Waals surface area contributed by atoms with Gasteiger partial charge in [-0.3, -0.25) is 4.79 Å². The van der Waals surface area contributed by atoms with Gasteiger partial charge < -0.3 is 14.8 Å². The summed E-state index contributed by atoms with van der Waals surface area (Å²) in [4.78, 5) is 12.5. The largest absolute Gasteiger partial charge is 0.489 e. The Morgan fingerprint density at radius 2 is 1.75 bits per heavy atom. The molecular formula is C24H23NO3. The number of ether oxygens (including phenoxy) is 2.